The van der Waals surface area contributed by atoms with E-state index in [1.807, 2.05) is 0 Å². The van der Waals surface area contributed by atoms with Gasteiger partial charge in [-0.2, -0.15) is 0 Å². The highest BCUT2D eigenvalue weighted by atomic mass is 19.1. The van der Waals surface area contributed by atoms with E-state index in [4.69, 9.17) is 10.5 Å². The lowest BCUT2D eigenvalue weighted by Crippen LogP contribution is -2.03. The molecule has 13 heavy (non-hydrogen) atoms. The molecule has 0 fully saturated rings. The van der Waals surface area contributed by atoms with Crippen LogP contribution in [0.4, 0.5) is 4.39 Å². The van der Waals surface area contributed by atoms with Gasteiger partial charge in [-0.15, -0.1) is 0 Å². The molecule has 0 spiro atoms. The van der Waals surface area contributed by atoms with Crippen molar-refractivity contribution in [2.45, 2.75) is 12.8 Å². The van der Waals surface area contributed by atoms with Crippen molar-refractivity contribution < 1.29 is 9.13 Å². The van der Waals surface area contributed by atoms with E-state index < -0.39 is 0 Å². The number of benzene rings is 1. The van der Waals surface area contributed by atoms with Gasteiger partial charge in [0.2, 0.25) is 0 Å². The second-order valence-corrected chi connectivity index (χ2v) is 2.80. The number of rotatable bonds is 5. The fraction of sp³-hybridized carbons (Fsp3) is 0.400. The van der Waals surface area contributed by atoms with Crippen molar-refractivity contribution in [2.24, 2.45) is 5.73 Å². The molecule has 2 N–H and O–H groups in total. The first-order valence-corrected chi connectivity index (χ1v) is 4.41. The summed E-state index contributed by atoms with van der Waals surface area (Å²) in [5, 5.41) is 0. The highest BCUT2D eigenvalue weighted by molar-refractivity contribution is 5.22. The van der Waals surface area contributed by atoms with Gasteiger partial charge in [-0.05, 0) is 31.5 Å². The zero-order chi connectivity index (χ0) is 9.52. The van der Waals surface area contributed by atoms with Crippen LogP contribution in [0.5, 0.6) is 5.75 Å². The van der Waals surface area contributed by atoms with Crippen molar-refractivity contribution in [2.75, 3.05) is 13.2 Å². The average molecular weight is 183 g/mol. The summed E-state index contributed by atoms with van der Waals surface area (Å²) in [5.74, 6) is 0.313. The number of halogens is 1. The molecule has 0 amide bonds. The second-order valence-electron chi connectivity index (χ2n) is 2.80. The first kappa shape index (κ1) is 9.99. The Morgan fingerprint density at radius 2 is 2.15 bits per heavy atom. The number of hydrogen-bond acceptors (Lipinski definition) is 2. The molecule has 1 aromatic carbocycles. The first-order chi connectivity index (χ1) is 6.33. The van der Waals surface area contributed by atoms with Crippen molar-refractivity contribution in [1.29, 1.82) is 0 Å². The SMILES string of the molecule is NCCCCOc1cccc(F)c1. The molecule has 2 nitrogen and oxygen atoms in total. The number of ether oxygens (including phenoxy) is 1. The maximum absolute atomic E-state index is 12.6. The summed E-state index contributed by atoms with van der Waals surface area (Å²) in [6.45, 7) is 1.27. The summed E-state index contributed by atoms with van der Waals surface area (Å²) in [5.41, 5.74) is 5.32. The van der Waals surface area contributed by atoms with Crippen molar-refractivity contribution >= 4 is 0 Å². The Labute approximate surface area is 77.5 Å². The molecule has 0 aliphatic heterocycles. The third-order valence-corrected chi connectivity index (χ3v) is 1.66. The third kappa shape index (κ3) is 3.90. The van der Waals surface area contributed by atoms with E-state index in [0.29, 0.717) is 18.9 Å². The number of hydrogen-bond donors (Lipinski definition) is 1. The van der Waals surface area contributed by atoms with E-state index >= 15 is 0 Å². The van der Waals surface area contributed by atoms with Crippen LogP contribution in [0.15, 0.2) is 24.3 Å². The minimum atomic E-state index is -0.267. The molecule has 0 aromatic heterocycles. The molecule has 0 unspecified atom stereocenters. The summed E-state index contributed by atoms with van der Waals surface area (Å²) in [6, 6.07) is 6.15. The van der Waals surface area contributed by atoms with Gasteiger partial charge in [0.15, 0.2) is 0 Å². The van der Waals surface area contributed by atoms with E-state index in [1.165, 1.54) is 12.1 Å². The lowest BCUT2D eigenvalue weighted by atomic mass is 10.3. The summed E-state index contributed by atoms with van der Waals surface area (Å²) in [4.78, 5) is 0. The maximum Gasteiger partial charge on any atom is 0.126 e. The standard InChI is InChI=1S/C10H14FNO/c11-9-4-3-5-10(8-9)13-7-2-1-6-12/h3-5,8H,1-2,6-7,12H2. The molecule has 0 heterocycles. The molecule has 0 atom stereocenters. The van der Waals surface area contributed by atoms with Gasteiger partial charge in [-0.25, -0.2) is 4.39 Å². The van der Waals surface area contributed by atoms with Gasteiger partial charge in [-0.1, -0.05) is 6.07 Å². The number of nitrogens with two attached hydrogens (primary N) is 1. The van der Waals surface area contributed by atoms with Gasteiger partial charge in [-0.3, -0.25) is 0 Å². The lowest BCUT2D eigenvalue weighted by molar-refractivity contribution is 0.306. The van der Waals surface area contributed by atoms with Gasteiger partial charge >= 0.3 is 0 Å². The second kappa shape index (κ2) is 5.54. The van der Waals surface area contributed by atoms with Gasteiger partial charge in [0.05, 0.1) is 6.61 Å². The monoisotopic (exact) mass is 183 g/mol. The van der Waals surface area contributed by atoms with Crippen LogP contribution in [0.2, 0.25) is 0 Å². The molecule has 0 saturated carbocycles. The van der Waals surface area contributed by atoms with Crippen molar-refractivity contribution in [3.8, 4) is 5.75 Å². The van der Waals surface area contributed by atoms with E-state index in [2.05, 4.69) is 0 Å². The molecule has 1 aromatic rings. The van der Waals surface area contributed by atoms with Crippen LogP contribution in [0.3, 0.4) is 0 Å². The van der Waals surface area contributed by atoms with Gasteiger partial charge in [0, 0.05) is 6.07 Å². The maximum atomic E-state index is 12.6. The molecule has 0 aliphatic rings. The fourth-order valence-corrected chi connectivity index (χ4v) is 0.993. The van der Waals surface area contributed by atoms with Crippen LogP contribution in [0.25, 0.3) is 0 Å². The molecular formula is C10H14FNO. The fourth-order valence-electron chi connectivity index (χ4n) is 0.993. The molecule has 0 saturated heterocycles. The van der Waals surface area contributed by atoms with Crippen LogP contribution < -0.4 is 10.5 Å². The highest BCUT2D eigenvalue weighted by Crippen LogP contribution is 2.11. The quantitative estimate of drug-likeness (QED) is 0.708. The Balaban J connectivity index is 2.28. The first-order valence-electron chi connectivity index (χ1n) is 4.41. The number of unbranched alkanes of at least 4 members (excludes halogenated alkanes) is 1. The van der Waals surface area contributed by atoms with Gasteiger partial charge in [0.1, 0.15) is 11.6 Å². The van der Waals surface area contributed by atoms with Crippen LogP contribution >= 0.6 is 0 Å². The van der Waals surface area contributed by atoms with E-state index in [0.717, 1.165) is 12.8 Å². The van der Waals surface area contributed by atoms with E-state index in [9.17, 15) is 4.39 Å². The zero-order valence-corrected chi connectivity index (χ0v) is 7.50. The summed E-state index contributed by atoms with van der Waals surface area (Å²) in [7, 11) is 0. The van der Waals surface area contributed by atoms with Crippen molar-refractivity contribution in [1.82, 2.24) is 0 Å². The minimum Gasteiger partial charge on any atom is -0.493 e. The summed E-state index contributed by atoms with van der Waals surface area (Å²) >= 11 is 0. The Kier molecular flexibility index (Phi) is 4.26. The largest absolute Gasteiger partial charge is 0.493 e. The molecule has 3 heteroatoms. The Hall–Kier alpha value is -1.09. The Morgan fingerprint density at radius 1 is 1.31 bits per heavy atom. The third-order valence-electron chi connectivity index (χ3n) is 1.66. The van der Waals surface area contributed by atoms with Gasteiger partial charge < -0.3 is 10.5 Å². The van der Waals surface area contributed by atoms with Crippen molar-refractivity contribution in [3.05, 3.63) is 30.1 Å². The molecule has 0 bridgehead atoms. The average Bonchev–Trinajstić information content (AvgIpc) is 2.13. The summed E-state index contributed by atoms with van der Waals surface area (Å²) in [6.07, 6.45) is 1.85. The Morgan fingerprint density at radius 3 is 2.85 bits per heavy atom. The van der Waals surface area contributed by atoms with Crippen LogP contribution in [-0.2, 0) is 0 Å². The van der Waals surface area contributed by atoms with Crippen molar-refractivity contribution in [3.63, 3.8) is 0 Å². The van der Waals surface area contributed by atoms with Crippen LogP contribution in [0, 0.1) is 5.82 Å². The lowest BCUT2D eigenvalue weighted by Gasteiger charge is -2.04. The Bertz CT molecular complexity index is 252. The summed E-state index contributed by atoms with van der Waals surface area (Å²) < 4.78 is 17.9. The molecule has 1 rings (SSSR count). The molecule has 72 valence electrons. The zero-order valence-electron chi connectivity index (χ0n) is 7.50. The van der Waals surface area contributed by atoms with Crippen LogP contribution in [0.1, 0.15) is 12.8 Å². The predicted molar refractivity (Wildman–Crippen MR) is 50.2 cm³/mol. The van der Waals surface area contributed by atoms with Crippen LogP contribution in [-0.4, -0.2) is 13.2 Å². The van der Waals surface area contributed by atoms with E-state index in [1.54, 1.807) is 12.1 Å². The molecule has 0 aliphatic carbocycles. The molecular weight excluding hydrogens is 169 g/mol. The normalized spacial score (nSPS) is 10.0. The predicted octanol–water partition coefficient (Wildman–Crippen LogP) is 1.94. The van der Waals surface area contributed by atoms with E-state index in [-0.39, 0.29) is 5.82 Å². The highest BCUT2D eigenvalue weighted by Gasteiger charge is 1.94. The van der Waals surface area contributed by atoms with Gasteiger partial charge in [0.25, 0.3) is 0 Å². The topological polar surface area (TPSA) is 35.2 Å². The minimum absolute atomic E-state index is 0.267. The smallest absolute Gasteiger partial charge is 0.126 e. The molecule has 0 radical (unpaired) electrons.